The van der Waals surface area contributed by atoms with Crippen LogP contribution in [0.4, 0.5) is 0 Å². The molecular weight excluding hydrogens is 242 g/mol. The fraction of sp³-hybridized carbons (Fsp3) is 0.833. The smallest absolute Gasteiger partial charge is 0.322 e. The molecule has 0 fully saturated rings. The number of halogens is 1. The maximum Gasteiger partial charge on any atom is 0.322 e. The Balaban J connectivity index is 3.38. The summed E-state index contributed by atoms with van der Waals surface area (Å²) in [6.07, 6.45) is 6.31. The summed E-state index contributed by atoms with van der Waals surface area (Å²) in [4.78, 5) is 21.3. The highest BCUT2D eigenvalue weighted by molar-refractivity contribution is 6.20. The molecule has 5 heteroatoms. The molecule has 0 aliphatic carbocycles. The first-order valence-corrected chi connectivity index (χ1v) is 6.62. The van der Waals surface area contributed by atoms with E-state index in [2.05, 4.69) is 12.2 Å². The van der Waals surface area contributed by atoms with Gasteiger partial charge < -0.3 is 10.4 Å². The van der Waals surface area contributed by atoms with Crippen molar-refractivity contribution < 1.29 is 14.7 Å². The molecule has 0 spiro atoms. The van der Waals surface area contributed by atoms with Crippen LogP contribution < -0.4 is 5.32 Å². The standard InChI is InChI=1S/C12H22ClNO3/c1-2-3-6-10(13)7-4-5-8-11(15)14-9-12(16)17/h10H,2-9H2,1H3,(H,14,15)(H,16,17). The Bertz CT molecular complexity index is 234. The van der Waals surface area contributed by atoms with Crippen LogP contribution in [-0.4, -0.2) is 28.9 Å². The predicted molar refractivity (Wildman–Crippen MR) is 68.3 cm³/mol. The lowest BCUT2D eigenvalue weighted by Gasteiger charge is -2.08. The number of rotatable bonds is 10. The molecule has 0 rings (SSSR count). The van der Waals surface area contributed by atoms with Gasteiger partial charge in [-0.1, -0.05) is 26.2 Å². The van der Waals surface area contributed by atoms with Crippen LogP contribution in [0.3, 0.4) is 0 Å². The van der Waals surface area contributed by atoms with Crippen LogP contribution in [0.1, 0.15) is 51.9 Å². The Hall–Kier alpha value is -0.770. The Morgan fingerprint density at radius 2 is 1.88 bits per heavy atom. The molecule has 2 N–H and O–H groups in total. The average molecular weight is 264 g/mol. The van der Waals surface area contributed by atoms with E-state index in [9.17, 15) is 9.59 Å². The molecule has 1 unspecified atom stereocenters. The van der Waals surface area contributed by atoms with Crippen LogP contribution in [0.25, 0.3) is 0 Å². The largest absolute Gasteiger partial charge is 0.480 e. The summed E-state index contributed by atoms with van der Waals surface area (Å²) in [7, 11) is 0. The number of carbonyl (C=O) groups excluding carboxylic acids is 1. The van der Waals surface area contributed by atoms with Gasteiger partial charge in [-0.2, -0.15) is 0 Å². The van der Waals surface area contributed by atoms with E-state index in [-0.39, 0.29) is 17.8 Å². The van der Waals surface area contributed by atoms with Crippen LogP contribution in [0, 0.1) is 0 Å². The number of nitrogens with one attached hydrogen (secondary N) is 1. The predicted octanol–water partition coefficient (Wildman–Crippen LogP) is 2.55. The minimum absolute atomic E-state index is 0.202. The second-order valence-corrected chi connectivity index (χ2v) is 4.77. The minimum atomic E-state index is -1.02. The number of carboxylic acids is 1. The number of hydrogen-bond donors (Lipinski definition) is 2. The molecule has 0 aliphatic heterocycles. The van der Waals surface area contributed by atoms with Crippen LogP contribution >= 0.6 is 11.6 Å². The summed E-state index contributed by atoms with van der Waals surface area (Å²) in [5.41, 5.74) is 0. The van der Waals surface area contributed by atoms with Gasteiger partial charge >= 0.3 is 5.97 Å². The number of aliphatic carboxylic acids is 1. The number of carboxylic acid groups (broad SMARTS) is 1. The number of carbonyl (C=O) groups is 2. The van der Waals surface area contributed by atoms with Gasteiger partial charge in [-0.3, -0.25) is 9.59 Å². The van der Waals surface area contributed by atoms with E-state index in [4.69, 9.17) is 16.7 Å². The highest BCUT2D eigenvalue weighted by Crippen LogP contribution is 2.15. The number of hydrogen-bond acceptors (Lipinski definition) is 2. The third kappa shape index (κ3) is 11.5. The fourth-order valence-electron chi connectivity index (χ4n) is 1.48. The van der Waals surface area contributed by atoms with Crippen molar-refractivity contribution in [3.63, 3.8) is 0 Å². The Morgan fingerprint density at radius 1 is 1.24 bits per heavy atom. The molecule has 0 aromatic heterocycles. The van der Waals surface area contributed by atoms with E-state index in [1.807, 2.05) is 0 Å². The average Bonchev–Trinajstić information content (AvgIpc) is 2.29. The maximum absolute atomic E-state index is 11.2. The van der Waals surface area contributed by atoms with Crippen molar-refractivity contribution >= 4 is 23.5 Å². The Labute approximate surface area is 108 Å². The topological polar surface area (TPSA) is 66.4 Å². The molecular formula is C12H22ClNO3. The molecule has 0 bridgehead atoms. The highest BCUT2D eigenvalue weighted by atomic mass is 35.5. The number of alkyl halides is 1. The van der Waals surface area contributed by atoms with Gasteiger partial charge in [-0.25, -0.2) is 0 Å². The molecule has 0 aromatic rings. The van der Waals surface area contributed by atoms with Gasteiger partial charge in [0.2, 0.25) is 5.91 Å². The number of unbranched alkanes of at least 4 members (excludes halogenated alkanes) is 2. The van der Waals surface area contributed by atoms with E-state index in [1.165, 1.54) is 0 Å². The van der Waals surface area contributed by atoms with Crippen LogP contribution in [0.15, 0.2) is 0 Å². The van der Waals surface area contributed by atoms with Crippen molar-refractivity contribution in [2.75, 3.05) is 6.54 Å². The van der Waals surface area contributed by atoms with Crippen LogP contribution in [-0.2, 0) is 9.59 Å². The summed E-state index contributed by atoms with van der Waals surface area (Å²) in [5.74, 6) is -1.22. The minimum Gasteiger partial charge on any atom is -0.480 e. The van der Waals surface area contributed by atoms with Crippen molar-refractivity contribution in [3.05, 3.63) is 0 Å². The normalized spacial score (nSPS) is 12.1. The Kier molecular flexibility index (Phi) is 9.92. The second kappa shape index (κ2) is 10.4. The van der Waals surface area contributed by atoms with Crippen molar-refractivity contribution in [3.8, 4) is 0 Å². The number of amides is 1. The molecule has 4 nitrogen and oxygen atoms in total. The van der Waals surface area contributed by atoms with Gasteiger partial charge in [-0.15, -0.1) is 11.6 Å². The van der Waals surface area contributed by atoms with E-state index in [0.29, 0.717) is 6.42 Å². The van der Waals surface area contributed by atoms with Crippen LogP contribution in [0.2, 0.25) is 0 Å². The SMILES string of the molecule is CCCCC(Cl)CCCCC(=O)NCC(=O)O. The molecule has 0 heterocycles. The van der Waals surface area contributed by atoms with Crippen molar-refractivity contribution in [2.45, 2.75) is 57.2 Å². The molecule has 0 aromatic carbocycles. The molecule has 0 radical (unpaired) electrons. The molecule has 100 valence electrons. The molecule has 1 amide bonds. The van der Waals surface area contributed by atoms with Gasteiger partial charge in [0.1, 0.15) is 6.54 Å². The van der Waals surface area contributed by atoms with E-state index in [1.54, 1.807) is 0 Å². The van der Waals surface area contributed by atoms with Gasteiger partial charge in [0, 0.05) is 11.8 Å². The van der Waals surface area contributed by atoms with E-state index >= 15 is 0 Å². The quantitative estimate of drug-likeness (QED) is 0.470. The third-order valence-electron chi connectivity index (χ3n) is 2.48. The zero-order valence-corrected chi connectivity index (χ0v) is 11.1. The first-order chi connectivity index (χ1) is 8.06. The maximum atomic E-state index is 11.2. The van der Waals surface area contributed by atoms with Crippen molar-refractivity contribution in [2.24, 2.45) is 0 Å². The first-order valence-electron chi connectivity index (χ1n) is 6.18. The van der Waals surface area contributed by atoms with Crippen LogP contribution in [0.5, 0.6) is 0 Å². The fourth-order valence-corrected chi connectivity index (χ4v) is 1.79. The lowest BCUT2D eigenvalue weighted by atomic mass is 10.1. The van der Waals surface area contributed by atoms with Crippen molar-refractivity contribution in [1.82, 2.24) is 5.32 Å². The summed E-state index contributed by atoms with van der Waals surface area (Å²) >= 11 is 6.10. The molecule has 1 atom stereocenters. The van der Waals surface area contributed by atoms with Crippen molar-refractivity contribution in [1.29, 1.82) is 0 Å². The lowest BCUT2D eigenvalue weighted by molar-refractivity contribution is -0.137. The van der Waals surface area contributed by atoms with Gasteiger partial charge in [0.25, 0.3) is 0 Å². The third-order valence-corrected chi connectivity index (χ3v) is 2.92. The summed E-state index contributed by atoms with van der Waals surface area (Å²) in [5, 5.41) is 10.9. The lowest BCUT2D eigenvalue weighted by Crippen LogP contribution is -2.28. The molecule has 0 saturated carbocycles. The first kappa shape index (κ1) is 16.2. The Morgan fingerprint density at radius 3 is 2.47 bits per heavy atom. The molecule has 17 heavy (non-hydrogen) atoms. The van der Waals surface area contributed by atoms with Gasteiger partial charge in [-0.05, 0) is 19.3 Å². The summed E-state index contributed by atoms with van der Waals surface area (Å²) < 4.78 is 0. The summed E-state index contributed by atoms with van der Waals surface area (Å²) in [6, 6.07) is 0. The second-order valence-electron chi connectivity index (χ2n) is 4.16. The summed E-state index contributed by atoms with van der Waals surface area (Å²) in [6.45, 7) is 1.84. The molecule has 0 aliphatic rings. The highest BCUT2D eigenvalue weighted by Gasteiger charge is 2.06. The zero-order chi connectivity index (χ0) is 13.1. The monoisotopic (exact) mass is 263 g/mol. The molecule has 0 saturated heterocycles. The zero-order valence-electron chi connectivity index (χ0n) is 10.4. The van der Waals surface area contributed by atoms with E-state index in [0.717, 1.165) is 38.5 Å². The van der Waals surface area contributed by atoms with E-state index < -0.39 is 5.97 Å². The van der Waals surface area contributed by atoms with Gasteiger partial charge in [0.05, 0.1) is 0 Å². The van der Waals surface area contributed by atoms with Gasteiger partial charge in [0.15, 0.2) is 0 Å².